The second kappa shape index (κ2) is 6.06. The molecule has 0 fully saturated rings. The summed E-state index contributed by atoms with van der Waals surface area (Å²) in [5.41, 5.74) is 0. The molecule has 1 aromatic rings. The van der Waals surface area contributed by atoms with Gasteiger partial charge in [-0.2, -0.15) is 0 Å². The Labute approximate surface area is 94.7 Å². The Hall–Kier alpha value is 0.497. The summed E-state index contributed by atoms with van der Waals surface area (Å²) in [6.07, 6.45) is 0. The molecule has 0 amide bonds. The van der Waals surface area contributed by atoms with Gasteiger partial charge in [-0.25, -0.2) is 4.21 Å². The Morgan fingerprint density at radius 2 is 2.18 bits per heavy atom. The van der Waals surface area contributed by atoms with Crippen LogP contribution in [0.4, 0.5) is 0 Å². The van der Waals surface area contributed by atoms with E-state index in [9.17, 15) is 4.21 Å². The number of halogens is 1. The van der Waals surface area contributed by atoms with Crippen molar-refractivity contribution in [3.05, 3.63) is 27.8 Å². The van der Waals surface area contributed by atoms with Gasteiger partial charge in [0.2, 0.25) is 0 Å². The summed E-state index contributed by atoms with van der Waals surface area (Å²) in [6.45, 7) is 0. The van der Waals surface area contributed by atoms with Gasteiger partial charge in [0.1, 0.15) is 5.75 Å². The fraction of sp³-hybridized carbons (Fsp3) is 0. The zero-order chi connectivity index (χ0) is 7.40. The van der Waals surface area contributed by atoms with Gasteiger partial charge in [0.25, 0.3) is 0 Å². The molecule has 0 radical (unpaired) electrons. The van der Waals surface area contributed by atoms with E-state index < -0.39 is 0 Å². The van der Waals surface area contributed by atoms with Crippen molar-refractivity contribution < 1.29 is 8.39 Å². The van der Waals surface area contributed by atoms with Crippen LogP contribution in [-0.2, 0) is 11.9 Å². The van der Waals surface area contributed by atoms with Crippen LogP contribution in [0.2, 0.25) is 0 Å². The SMILES string of the molecule is O=[SH]Oc1cccc(I)c1.[LiH]. The summed E-state index contributed by atoms with van der Waals surface area (Å²) in [5.74, 6) is 0.628. The van der Waals surface area contributed by atoms with Crippen molar-refractivity contribution in [1.82, 2.24) is 0 Å². The molecule has 0 atom stereocenters. The molecule has 5 heteroatoms. The molecule has 0 saturated heterocycles. The third kappa shape index (κ3) is 4.16. The Morgan fingerprint density at radius 3 is 2.73 bits per heavy atom. The summed E-state index contributed by atoms with van der Waals surface area (Å²) in [7, 11) is 0. The van der Waals surface area contributed by atoms with Crippen LogP contribution < -0.4 is 4.18 Å². The number of hydrogen-bond acceptors (Lipinski definition) is 2. The van der Waals surface area contributed by atoms with Crippen LogP contribution >= 0.6 is 22.6 Å². The Bertz CT molecular complexity index is 244. The van der Waals surface area contributed by atoms with Gasteiger partial charge >= 0.3 is 18.9 Å². The third-order valence-electron chi connectivity index (χ3n) is 0.939. The van der Waals surface area contributed by atoms with E-state index in [1.165, 1.54) is 0 Å². The molecule has 11 heavy (non-hydrogen) atoms. The quantitative estimate of drug-likeness (QED) is 0.493. The van der Waals surface area contributed by atoms with E-state index in [2.05, 4.69) is 22.6 Å². The molecule has 0 saturated carbocycles. The van der Waals surface area contributed by atoms with E-state index >= 15 is 0 Å². The topological polar surface area (TPSA) is 26.3 Å². The monoisotopic (exact) mass is 276 g/mol. The van der Waals surface area contributed by atoms with Crippen LogP contribution in [0.5, 0.6) is 5.75 Å². The van der Waals surface area contributed by atoms with Crippen molar-refractivity contribution in [1.29, 1.82) is 0 Å². The molecule has 1 rings (SSSR count). The van der Waals surface area contributed by atoms with Crippen LogP contribution in [-0.4, -0.2) is 23.1 Å². The van der Waals surface area contributed by atoms with Gasteiger partial charge in [-0.05, 0) is 40.8 Å². The van der Waals surface area contributed by atoms with Gasteiger partial charge in [-0.15, -0.1) is 0 Å². The van der Waals surface area contributed by atoms with E-state index in [0.29, 0.717) is 5.75 Å². The molecule has 0 bridgehead atoms. The summed E-state index contributed by atoms with van der Waals surface area (Å²) < 4.78 is 15.7. The number of benzene rings is 1. The van der Waals surface area contributed by atoms with E-state index in [4.69, 9.17) is 4.18 Å². The molecule has 0 N–H and O–H groups in total. The molecule has 0 heterocycles. The van der Waals surface area contributed by atoms with Crippen molar-refractivity contribution in [2.75, 3.05) is 0 Å². The third-order valence-corrected chi connectivity index (χ3v) is 1.90. The molecule has 0 unspecified atom stereocenters. The fourth-order valence-electron chi connectivity index (χ4n) is 0.567. The predicted molar refractivity (Wildman–Crippen MR) is 56.5 cm³/mol. The first-order valence-electron chi connectivity index (χ1n) is 2.58. The summed E-state index contributed by atoms with van der Waals surface area (Å²) in [6, 6.07) is 7.36. The van der Waals surface area contributed by atoms with Crippen molar-refractivity contribution >= 4 is 53.4 Å². The average molecular weight is 276 g/mol. The van der Waals surface area contributed by atoms with Crippen molar-refractivity contribution in [3.63, 3.8) is 0 Å². The second-order valence-corrected chi connectivity index (χ2v) is 3.20. The average Bonchev–Trinajstić information content (AvgIpc) is 1.88. The van der Waals surface area contributed by atoms with Gasteiger partial charge in [-0.3, -0.25) is 0 Å². The summed E-state index contributed by atoms with van der Waals surface area (Å²) in [5, 5.41) is 0. The summed E-state index contributed by atoms with van der Waals surface area (Å²) >= 11 is 1.85. The van der Waals surface area contributed by atoms with Gasteiger partial charge < -0.3 is 4.18 Å². The molecule has 0 aliphatic carbocycles. The van der Waals surface area contributed by atoms with Gasteiger partial charge in [0.05, 0.1) is 0 Å². The number of thiol groups is 1. The number of hydrogen-bond donors (Lipinski definition) is 1. The summed E-state index contributed by atoms with van der Waals surface area (Å²) in [4.78, 5) is 0. The minimum absolute atomic E-state index is 0. The first kappa shape index (κ1) is 11.5. The minimum atomic E-state index is -0.306. The molecule has 0 aliphatic heterocycles. The van der Waals surface area contributed by atoms with Gasteiger partial charge in [-0.1, -0.05) is 6.07 Å². The van der Waals surface area contributed by atoms with Crippen molar-refractivity contribution in [3.8, 4) is 5.75 Å². The Balaban J connectivity index is 0.000001000. The molecular formula is C6H6ILiO2S. The molecule has 0 aromatic heterocycles. The van der Waals surface area contributed by atoms with Crippen LogP contribution in [0.15, 0.2) is 24.3 Å². The van der Waals surface area contributed by atoms with Crippen LogP contribution in [0, 0.1) is 3.57 Å². The molecule has 56 valence electrons. The standard InChI is InChI=1S/C6H5IO2S.Li.H/c7-5-2-1-3-6(4-5)9-10-8;;/h1-4,10H;;. The predicted octanol–water partition coefficient (Wildman–Crippen LogP) is 0.882. The molecule has 1 aromatic carbocycles. The second-order valence-electron chi connectivity index (χ2n) is 1.62. The van der Waals surface area contributed by atoms with Crippen LogP contribution in [0.3, 0.4) is 0 Å². The zero-order valence-corrected chi connectivity index (χ0v) is 8.00. The Kier molecular flexibility index (Phi) is 6.34. The van der Waals surface area contributed by atoms with Crippen molar-refractivity contribution in [2.24, 2.45) is 0 Å². The number of rotatable bonds is 2. The van der Waals surface area contributed by atoms with E-state index in [-0.39, 0.29) is 30.8 Å². The molecule has 0 spiro atoms. The normalized spacial score (nSPS) is 8.45. The first-order chi connectivity index (χ1) is 4.83. The molecular weight excluding hydrogens is 270 g/mol. The maximum absolute atomic E-state index is 9.96. The van der Waals surface area contributed by atoms with E-state index in [1.54, 1.807) is 6.07 Å². The molecule has 0 aliphatic rings. The fourth-order valence-corrected chi connectivity index (χ4v) is 1.28. The maximum atomic E-state index is 9.96. The molecule has 2 nitrogen and oxygen atoms in total. The first-order valence-corrected chi connectivity index (χ1v) is 4.39. The van der Waals surface area contributed by atoms with Gasteiger partial charge in [0.15, 0.2) is 11.9 Å². The van der Waals surface area contributed by atoms with Crippen LogP contribution in [0.1, 0.15) is 0 Å². The van der Waals surface area contributed by atoms with Crippen LogP contribution in [0.25, 0.3) is 0 Å². The van der Waals surface area contributed by atoms with E-state index in [1.807, 2.05) is 18.2 Å². The van der Waals surface area contributed by atoms with Crippen molar-refractivity contribution in [2.45, 2.75) is 0 Å². The zero-order valence-electron chi connectivity index (χ0n) is 4.95. The Morgan fingerprint density at radius 1 is 1.45 bits per heavy atom. The van der Waals surface area contributed by atoms with E-state index in [0.717, 1.165) is 3.57 Å². The van der Waals surface area contributed by atoms with Gasteiger partial charge in [0, 0.05) is 3.57 Å².